The minimum absolute atomic E-state index is 0.122. The molecule has 2 heterocycles. The van der Waals surface area contributed by atoms with Gasteiger partial charge in [0.1, 0.15) is 5.82 Å². The van der Waals surface area contributed by atoms with E-state index in [0.29, 0.717) is 35.3 Å². The van der Waals surface area contributed by atoms with Gasteiger partial charge in [0.2, 0.25) is 5.91 Å². The molecule has 142 valence electrons. The lowest BCUT2D eigenvalue weighted by molar-refractivity contribution is -0.126. The number of carbonyl (C=O) groups excluding carboxylic acids is 1. The van der Waals surface area contributed by atoms with Crippen LogP contribution in [0.4, 0.5) is 4.39 Å². The van der Waals surface area contributed by atoms with Crippen molar-refractivity contribution >= 4 is 35.2 Å². The average molecular weight is 417 g/mol. The van der Waals surface area contributed by atoms with Crippen LogP contribution in [0.3, 0.4) is 0 Å². The van der Waals surface area contributed by atoms with Crippen molar-refractivity contribution in [1.29, 1.82) is 0 Å². The maximum Gasteiger partial charge on any atom is 0.246 e. The van der Waals surface area contributed by atoms with Gasteiger partial charge < -0.3 is 9.42 Å². The quantitative estimate of drug-likeness (QED) is 0.538. The van der Waals surface area contributed by atoms with Gasteiger partial charge in [-0.15, -0.1) is 0 Å². The van der Waals surface area contributed by atoms with Crippen molar-refractivity contribution < 1.29 is 13.7 Å². The predicted octanol–water partition coefficient (Wildman–Crippen LogP) is 5.39. The first-order valence-electron chi connectivity index (χ1n) is 8.66. The molecule has 0 saturated carbocycles. The molecule has 1 amide bonds. The van der Waals surface area contributed by atoms with Crippen LogP contribution in [0.2, 0.25) is 10.0 Å². The number of benzene rings is 2. The number of rotatable bonds is 3. The largest absolute Gasteiger partial charge is 0.356 e. The van der Waals surface area contributed by atoms with Crippen molar-refractivity contribution in [3.05, 3.63) is 81.2 Å². The molecule has 0 fully saturated rings. The van der Waals surface area contributed by atoms with Crippen molar-refractivity contribution in [2.24, 2.45) is 0 Å². The van der Waals surface area contributed by atoms with Crippen LogP contribution in [0.5, 0.6) is 0 Å². The van der Waals surface area contributed by atoms with Crippen LogP contribution in [0.15, 0.2) is 53.1 Å². The molecule has 2 aromatic carbocycles. The van der Waals surface area contributed by atoms with Gasteiger partial charge in [-0.25, -0.2) is 4.39 Å². The maximum atomic E-state index is 13.2. The maximum absolute atomic E-state index is 13.2. The Kier molecular flexibility index (Phi) is 5.20. The molecule has 3 aromatic rings. The Labute approximate surface area is 171 Å². The molecular weight excluding hydrogens is 402 g/mol. The highest BCUT2D eigenvalue weighted by atomic mass is 35.5. The van der Waals surface area contributed by atoms with E-state index in [-0.39, 0.29) is 11.7 Å². The number of fused-ring (bicyclic) bond motifs is 1. The molecule has 1 aliphatic rings. The lowest BCUT2D eigenvalue weighted by Crippen LogP contribution is -2.34. The highest BCUT2D eigenvalue weighted by Gasteiger charge is 2.26. The molecule has 28 heavy (non-hydrogen) atoms. The van der Waals surface area contributed by atoms with Crippen LogP contribution in [-0.4, -0.2) is 22.5 Å². The zero-order valence-electron chi connectivity index (χ0n) is 14.7. The van der Waals surface area contributed by atoms with Gasteiger partial charge in [-0.2, -0.15) is 0 Å². The van der Waals surface area contributed by atoms with Gasteiger partial charge in [0.15, 0.2) is 5.76 Å². The van der Waals surface area contributed by atoms with Gasteiger partial charge in [-0.3, -0.25) is 4.79 Å². The Hall–Kier alpha value is -2.63. The molecule has 0 unspecified atom stereocenters. The van der Waals surface area contributed by atoms with Crippen LogP contribution in [0.1, 0.15) is 16.8 Å². The minimum atomic E-state index is -0.318. The first kappa shape index (κ1) is 18.7. The number of hydrogen-bond donors (Lipinski definition) is 0. The summed E-state index contributed by atoms with van der Waals surface area (Å²) in [6, 6.07) is 11.2. The third kappa shape index (κ3) is 3.81. The molecule has 4 rings (SSSR count). The van der Waals surface area contributed by atoms with Crippen molar-refractivity contribution in [2.75, 3.05) is 6.54 Å². The van der Waals surface area contributed by atoms with Gasteiger partial charge in [0.25, 0.3) is 0 Å². The Morgan fingerprint density at radius 3 is 2.68 bits per heavy atom. The molecule has 0 bridgehead atoms. The summed E-state index contributed by atoms with van der Waals surface area (Å²) >= 11 is 11.9. The van der Waals surface area contributed by atoms with Crippen LogP contribution in [0, 0.1) is 5.82 Å². The minimum Gasteiger partial charge on any atom is -0.356 e. The molecule has 0 saturated heterocycles. The second kappa shape index (κ2) is 7.78. The van der Waals surface area contributed by atoms with Crippen molar-refractivity contribution in [3.63, 3.8) is 0 Å². The molecule has 0 atom stereocenters. The summed E-state index contributed by atoms with van der Waals surface area (Å²) in [4.78, 5) is 14.3. The summed E-state index contributed by atoms with van der Waals surface area (Å²) in [7, 11) is 0. The van der Waals surface area contributed by atoms with E-state index in [9.17, 15) is 9.18 Å². The number of amides is 1. The number of carbonyl (C=O) groups is 1. The summed E-state index contributed by atoms with van der Waals surface area (Å²) in [5.41, 5.74) is 3.21. The van der Waals surface area contributed by atoms with Crippen molar-refractivity contribution in [2.45, 2.75) is 13.0 Å². The standard InChI is InChI=1S/C21H15Cl2FN2O2/c22-17-7-1-13(11-18(17)23)2-8-20(27)26-10-9-19-16(12-26)21(28-25-19)14-3-5-15(24)6-4-14/h1-8,11H,9-10,12H2/b8-2+. The van der Waals surface area contributed by atoms with E-state index in [1.54, 1.807) is 41.3 Å². The van der Waals surface area contributed by atoms with Gasteiger partial charge in [-0.05, 0) is 48.0 Å². The fraction of sp³-hybridized carbons (Fsp3) is 0.143. The van der Waals surface area contributed by atoms with E-state index in [1.165, 1.54) is 18.2 Å². The molecular formula is C21H15Cl2FN2O2. The van der Waals surface area contributed by atoms with Crippen molar-refractivity contribution in [3.8, 4) is 11.3 Å². The van der Waals surface area contributed by atoms with Gasteiger partial charge >= 0.3 is 0 Å². The zero-order valence-corrected chi connectivity index (χ0v) is 16.2. The van der Waals surface area contributed by atoms with E-state index in [1.807, 2.05) is 0 Å². The van der Waals surface area contributed by atoms with E-state index in [0.717, 1.165) is 22.4 Å². The molecule has 4 nitrogen and oxygen atoms in total. The predicted molar refractivity (Wildman–Crippen MR) is 107 cm³/mol. The lowest BCUT2D eigenvalue weighted by Gasteiger charge is -2.25. The van der Waals surface area contributed by atoms with Gasteiger partial charge in [0, 0.05) is 30.2 Å². The summed E-state index contributed by atoms with van der Waals surface area (Å²) in [6.45, 7) is 0.934. The Balaban J connectivity index is 1.52. The van der Waals surface area contributed by atoms with Gasteiger partial charge in [0.05, 0.1) is 22.3 Å². The highest BCUT2D eigenvalue weighted by molar-refractivity contribution is 6.42. The topological polar surface area (TPSA) is 46.3 Å². The van der Waals surface area contributed by atoms with Gasteiger partial charge in [-0.1, -0.05) is 34.4 Å². The first-order chi connectivity index (χ1) is 13.5. The highest BCUT2D eigenvalue weighted by Crippen LogP contribution is 2.31. The number of hydrogen-bond acceptors (Lipinski definition) is 3. The number of aromatic nitrogens is 1. The van der Waals surface area contributed by atoms with E-state index < -0.39 is 0 Å². The second-order valence-corrected chi connectivity index (χ2v) is 7.27. The second-order valence-electron chi connectivity index (χ2n) is 6.46. The van der Waals surface area contributed by atoms with E-state index in [4.69, 9.17) is 27.7 Å². The molecule has 1 aliphatic heterocycles. The Bertz CT molecular complexity index is 1060. The summed E-state index contributed by atoms with van der Waals surface area (Å²) < 4.78 is 18.7. The number of halogens is 3. The van der Waals surface area contributed by atoms with Crippen LogP contribution in [-0.2, 0) is 17.8 Å². The zero-order chi connectivity index (χ0) is 19.7. The third-order valence-corrected chi connectivity index (χ3v) is 5.36. The molecule has 0 radical (unpaired) electrons. The average Bonchev–Trinajstić information content (AvgIpc) is 3.12. The monoisotopic (exact) mass is 416 g/mol. The molecule has 1 aromatic heterocycles. The normalized spacial score (nSPS) is 13.8. The Morgan fingerprint density at radius 2 is 1.93 bits per heavy atom. The SMILES string of the molecule is O=C(/C=C/c1ccc(Cl)c(Cl)c1)N1CCc2noc(-c3ccc(F)cc3)c2C1. The molecule has 0 spiro atoms. The first-order valence-corrected chi connectivity index (χ1v) is 9.42. The summed E-state index contributed by atoms with van der Waals surface area (Å²) in [5.74, 6) is 0.130. The molecule has 0 N–H and O–H groups in total. The van der Waals surface area contributed by atoms with Crippen LogP contribution >= 0.6 is 23.2 Å². The lowest BCUT2D eigenvalue weighted by atomic mass is 10.0. The molecule has 7 heteroatoms. The van der Waals surface area contributed by atoms with E-state index in [2.05, 4.69) is 5.16 Å². The summed E-state index contributed by atoms with van der Waals surface area (Å²) in [6.07, 6.45) is 3.82. The summed E-state index contributed by atoms with van der Waals surface area (Å²) in [5, 5.41) is 5.01. The van der Waals surface area contributed by atoms with Crippen molar-refractivity contribution in [1.82, 2.24) is 10.1 Å². The molecule has 0 aliphatic carbocycles. The number of nitrogens with zero attached hydrogens (tertiary/aromatic N) is 2. The third-order valence-electron chi connectivity index (χ3n) is 4.62. The Morgan fingerprint density at radius 1 is 1.14 bits per heavy atom. The van der Waals surface area contributed by atoms with Crippen LogP contribution in [0.25, 0.3) is 17.4 Å². The fourth-order valence-electron chi connectivity index (χ4n) is 3.12. The fourth-order valence-corrected chi connectivity index (χ4v) is 3.42. The van der Waals surface area contributed by atoms with E-state index >= 15 is 0 Å². The smallest absolute Gasteiger partial charge is 0.246 e. The van der Waals surface area contributed by atoms with Crippen LogP contribution < -0.4 is 0 Å².